The monoisotopic (exact) mass is 451 g/mol. The maximum absolute atomic E-state index is 10.9. The van der Waals surface area contributed by atoms with Crippen LogP contribution in [0.3, 0.4) is 0 Å². The number of benzene rings is 1. The molecule has 2 aromatic rings. The number of halogens is 1. The quantitative estimate of drug-likeness (QED) is 0.477. The highest BCUT2D eigenvalue weighted by molar-refractivity contribution is 7.19. The number of aromatic nitrogens is 1. The molecule has 11 heteroatoms. The van der Waals surface area contributed by atoms with Crippen molar-refractivity contribution in [2.75, 3.05) is 6.61 Å². The van der Waals surface area contributed by atoms with Crippen LogP contribution in [0.2, 0.25) is 4.34 Å². The summed E-state index contributed by atoms with van der Waals surface area (Å²) >= 11 is 7.10. The van der Waals surface area contributed by atoms with Gasteiger partial charge in [-0.1, -0.05) is 53.3 Å². The number of hydrogen-bond acceptors (Lipinski definition) is 8. The summed E-state index contributed by atoms with van der Waals surface area (Å²) in [5.41, 5.74) is 13.0. The molecule has 0 saturated carbocycles. The van der Waals surface area contributed by atoms with Crippen LogP contribution in [0.5, 0.6) is 0 Å². The van der Waals surface area contributed by atoms with Crippen molar-refractivity contribution in [3.8, 4) is 0 Å². The van der Waals surface area contributed by atoms with Crippen molar-refractivity contribution in [3.63, 3.8) is 0 Å². The van der Waals surface area contributed by atoms with Gasteiger partial charge in [0, 0.05) is 5.56 Å². The lowest BCUT2D eigenvalue weighted by Gasteiger charge is -2.46. The number of thiazole rings is 1. The third-order valence-electron chi connectivity index (χ3n) is 4.76. The first-order valence-electron chi connectivity index (χ1n) is 9.34. The molecular formula is C19H22ClN5O4S. The predicted molar refractivity (Wildman–Crippen MR) is 114 cm³/mol. The summed E-state index contributed by atoms with van der Waals surface area (Å²) in [5, 5.41) is 11.3. The van der Waals surface area contributed by atoms with Gasteiger partial charge in [-0.25, -0.2) is 15.0 Å². The SMILES string of the molecule is CC(N)=NC(=Nc1ncc(Cl)s1)C1OC2COC(c3ccccc3)OC2C(N)C1O. The second-order valence-corrected chi connectivity index (χ2v) is 8.65. The maximum Gasteiger partial charge on any atom is 0.212 e. The van der Waals surface area contributed by atoms with Crippen LogP contribution in [0, 0.1) is 0 Å². The lowest BCUT2D eigenvalue weighted by Crippen LogP contribution is -2.66. The molecule has 9 nitrogen and oxygen atoms in total. The highest BCUT2D eigenvalue weighted by Crippen LogP contribution is 2.34. The molecule has 0 bridgehead atoms. The van der Waals surface area contributed by atoms with E-state index in [1.165, 1.54) is 17.5 Å². The molecule has 160 valence electrons. The summed E-state index contributed by atoms with van der Waals surface area (Å²) in [6.07, 6.45) is -2.23. The Kier molecular flexibility index (Phi) is 6.44. The Bertz CT molecular complexity index is 934. The van der Waals surface area contributed by atoms with Crippen LogP contribution in [0.1, 0.15) is 18.8 Å². The standard InChI is InChI=1S/C19H22ClN5O4S/c1-9(21)24-17(25-19-23-7-12(20)30-19)16-14(26)13(22)15-11(28-16)8-27-18(29-15)10-5-3-2-4-6-10/h2-7,11,13-16,18,26H,8,22H2,1H3,(H2,21,23,24,25). The Hall–Kier alpha value is -1.92. The van der Waals surface area contributed by atoms with Gasteiger partial charge < -0.3 is 30.8 Å². The molecule has 30 heavy (non-hydrogen) atoms. The van der Waals surface area contributed by atoms with Crippen LogP contribution in [-0.2, 0) is 14.2 Å². The highest BCUT2D eigenvalue weighted by Gasteiger charge is 2.49. The number of aliphatic hydroxyl groups is 1. The van der Waals surface area contributed by atoms with E-state index in [1.807, 2.05) is 30.3 Å². The van der Waals surface area contributed by atoms with Crippen LogP contribution < -0.4 is 11.5 Å². The molecule has 0 aliphatic carbocycles. The van der Waals surface area contributed by atoms with Crippen LogP contribution in [-0.4, -0.2) is 58.8 Å². The fourth-order valence-corrected chi connectivity index (χ4v) is 4.17. The van der Waals surface area contributed by atoms with Gasteiger partial charge in [0.1, 0.15) is 28.8 Å². The molecule has 6 atom stereocenters. The van der Waals surface area contributed by atoms with Gasteiger partial charge in [0.2, 0.25) is 5.13 Å². The highest BCUT2D eigenvalue weighted by atomic mass is 35.5. The first kappa shape index (κ1) is 21.3. The molecule has 1 aromatic heterocycles. The molecule has 4 rings (SSSR count). The Morgan fingerprint density at radius 2 is 2.07 bits per heavy atom. The van der Waals surface area contributed by atoms with Crippen molar-refractivity contribution in [2.24, 2.45) is 21.5 Å². The lowest BCUT2D eigenvalue weighted by atomic mass is 9.92. The number of ether oxygens (including phenoxy) is 3. The van der Waals surface area contributed by atoms with Crippen molar-refractivity contribution in [2.45, 2.75) is 43.7 Å². The van der Waals surface area contributed by atoms with Gasteiger partial charge in [0.05, 0.1) is 24.7 Å². The fraction of sp³-hybridized carbons (Fsp3) is 0.421. The third-order valence-corrected chi connectivity index (χ3v) is 5.77. The molecule has 0 amide bonds. The largest absolute Gasteiger partial charge is 0.388 e. The number of hydrogen-bond donors (Lipinski definition) is 3. The van der Waals surface area contributed by atoms with E-state index in [0.29, 0.717) is 9.47 Å². The van der Waals surface area contributed by atoms with Crippen LogP contribution >= 0.6 is 22.9 Å². The van der Waals surface area contributed by atoms with E-state index in [-0.39, 0.29) is 18.3 Å². The molecular weight excluding hydrogens is 430 g/mol. The van der Waals surface area contributed by atoms with Gasteiger partial charge >= 0.3 is 0 Å². The van der Waals surface area contributed by atoms with E-state index in [1.54, 1.807) is 6.92 Å². The molecule has 6 unspecified atom stereocenters. The first-order chi connectivity index (χ1) is 14.4. The molecule has 0 radical (unpaired) electrons. The number of nitrogens with two attached hydrogens (primary N) is 2. The number of nitrogens with zero attached hydrogens (tertiary/aromatic N) is 3. The molecule has 5 N–H and O–H groups in total. The molecule has 2 aliphatic heterocycles. The molecule has 0 spiro atoms. The number of fused-ring (bicyclic) bond motifs is 1. The maximum atomic E-state index is 10.9. The summed E-state index contributed by atoms with van der Waals surface area (Å²) in [5.74, 6) is 0.413. The molecule has 3 heterocycles. The average Bonchev–Trinajstić information content (AvgIpc) is 3.15. The summed E-state index contributed by atoms with van der Waals surface area (Å²) in [7, 11) is 0. The van der Waals surface area contributed by atoms with E-state index >= 15 is 0 Å². The molecule has 2 fully saturated rings. The van der Waals surface area contributed by atoms with Gasteiger partial charge in [-0.2, -0.15) is 0 Å². The topological polar surface area (TPSA) is 138 Å². The molecule has 1 aromatic carbocycles. The molecule has 2 saturated heterocycles. The van der Waals surface area contributed by atoms with Gasteiger partial charge in [0.15, 0.2) is 12.1 Å². The van der Waals surface area contributed by atoms with Crippen molar-refractivity contribution in [1.29, 1.82) is 0 Å². The van der Waals surface area contributed by atoms with Gasteiger partial charge in [-0.3, -0.25) is 0 Å². The van der Waals surface area contributed by atoms with Crippen LogP contribution in [0.25, 0.3) is 0 Å². The second-order valence-electron chi connectivity index (χ2n) is 7.01. The van der Waals surface area contributed by atoms with Gasteiger partial charge in [0.25, 0.3) is 0 Å². The van der Waals surface area contributed by atoms with Gasteiger partial charge in [-0.05, 0) is 6.92 Å². The Morgan fingerprint density at radius 1 is 1.30 bits per heavy atom. The lowest BCUT2D eigenvalue weighted by molar-refractivity contribution is -0.299. The van der Waals surface area contributed by atoms with E-state index in [2.05, 4.69) is 15.0 Å². The van der Waals surface area contributed by atoms with Crippen molar-refractivity contribution < 1.29 is 19.3 Å². The van der Waals surface area contributed by atoms with Crippen molar-refractivity contribution in [1.82, 2.24) is 4.98 Å². The fourth-order valence-electron chi connectivity index (χ4n) is 3.39. The number of aliphatic hydroxyl groups excluding tert-OH is 1. The minimum atomic E-state index is -1.13. The van der Waals surface area contributed by atoms with E-state index in [9.17, 15) is 5.11 Å². The number of aliphatic imine (C=N–C) groups is 2. The van der Waals surface area contributed by atoms with Crippen LogP contribution in [0.4, 0.5) is 5.13 Å². The minimum Gasteiger partial charge on any atom is -0.388 e. The van der Waals surface area contributed by atoms with Crippen LogP contribution in [0.15, 0.2) is 46.5 Å². The second kappa shape index (κ2) is 9.06. The van der Waals surface area contributed by atoms with Crippen molar-refractivity contribution >= 4 is 39.7 Å². The zero-order chi connectivity index (χ0) is 21.3. The molecule has 2 aliphatic rings. The Labute approximate surface area is 182 Å². The third kappa shape index (κ3) is 4.54. The van der Waals surface area contributed by atoms with Crippen molar-refractivity contribution in [3.05, 3.63) is 46.4 Å². The Morgan fingerprint density at radius 3 is 2.73 bits per heavy atom. The van der Waals surface area contributed by atoms with Gasteiger partial charge in [-0.15, -0.1) is 0 Å². The zero-order valence-electron chi connectivity index (χ0n) is 16.1. The van der Waals surface area contributed by atoms with E-state index in [4.69, 9.17) is 37.3 Å². The summed E-state index contributed by atoms with van der Waals surface area (Å²) in [6.45, 7) is 1.85. The Balaban J connectivity index is 1.57. The average molecular weight is 452 g/mol. The summed E-state index contributed by atoms with van der Waals surface area (Å²) in [4.78, 5) is 12.7. The minimum absolute atomic E-state index is 0.160. The number of rotatable bonds is 3. The summed E-state index contributed by atoms with van der Waals surface area (Å²) in [6, 6.07) is 8.77. The smallest absolute Gasteiger partial charge is 0.212 e. The van der Waals surface area contributed by atoms with E-state index in [0.717, 1.165) is 5.56 Å². The zero-order valence-corrected chi connectivity index (χ0v) is 17.7. The summed E-state index contributed by atoms with van der Waals surface area (Å²) < 4.78 is 18.4. The van der Waals surface area contributed by atoms with E-state index < -0.39 is 36.7 Å². The normalized spacial score (nSPS) is 32.7. The first-order valence-corrected chi connectivity index (χ1v) is 10.5. The predicted octanol–water partition coefficient (Wildman–Crippen LogP) is 1.77. The number of amidine groups is 2.